The van der Waals surface area contributed by atoms with Crippen LogP contribution in [0.5, 0.6) is 17.2 Å². The second kappa shape index (κ2) is 7.18. The highest BCUT2D eigenvalue weighted by Crippen LogP contribution is 2.44. The number of halogens is 2. The fraction of sp³-hybridized carbons (Fsp3) is 0.250. The van der Waals surface area contributed by atoms with Crippen LogP contribution in [0.1, 0.15) is 16.0 Å². The lowest BCUT2D eigenvalue weighted by Gasteiger charge is -2.18. The summed E-state index contributed by atoms with van der Waals surface area (Å²) in [6, 6.07) is 11.8. The minimum atomic E-state index is 0.0144. The fourth-order valence-corrected chi connectivity index (χ4v) is 3.42. The molecule has 112 valence electrons. The molecule has 0 saturated heterocycles. The quantitative estimate of drug-likeness (QED) is 0.646. The Morgan fingerprint density at radius 2 is 1.52 bits per heavy atom. The van der Waals surface area contributed by atoms with Crippen molar-refractivity contribution in [1.29, 1.82) is 0 Å². The Labute approximate surface area is 141 Å². The number of methoxy groups -OCH3 is 3. The second-order valence-electron chi connectivity index (χ2n) is 4.34. The molecule has 0 radical (unpaired) electrons. The predicted molar refractivity (Wildman–Crippen MR) is 91.0 cm³/mol. The van der Waals surface area contributed by atoms with Crippen molar-refractivity contribution < 1.29 is 14.2 Å². The van der Waals surface area contributed by atoms with E-state index in [1.165, 1.54) is 0 Å². The monoisotopic (exact) mass is 414 g/mol. The molecule has 3 nitrogen and oxygen atoms in total. The summed E-state index contributed by atoms with van der Waals surface area (Å²) in [5.41, 5.74) is 2.14. The third-order valence-electron chi connectivity index (χ3n) is 3.20. The first kappa shape index (κ1) is 16.2. The van der Waals surface area contributed by atoms with Gasteiger partial charge in [-0.15, -0.1) is 0 Å². The minimum absolute atomic E-state index is 0.0144. The lowest BCUT2D eigenvalue weighted by Crippen LogP contribution is -1.99. The van der Waals surface area contributed by atoms with Crippen LogP contribution >= 0.6 is 31.9 Å². The van der Waals surface area contributed by atoms with Gasteiger partial charge in [-0.3, -0.25) is 0 Å². The van der Waals surface area contributed by atoms with E-state index in [9.17, 15) is 0 Å². The third kappa shape index (κ3) is 3.35. The Hall–Kier alpha value is -1.20. The Morgan fingerprint density at radius 3 is 2.05 bits per heavy atom. The lowest BCUT2D eigenvalue weighted by atomic mass is 10.0. The van der Waals surface area contributed by atoms with Gasteiger partial charge < -0.3 is 14.2 Å². The van der Waals surface area contributed by atoms with Gasteiger partial charge in [-0.1, -0.05) is 34.1 Å². The van der Waals surface area contributed by atoms with Gasteiger partial charge in [0.05, 0.1) is 26.2 Å². The number of alkyl halides is 1. The van der Waals surface area contributed by atoms with Crippen molar-refractivity contribution >= 4 is 31.9 Å². The smallest absolute Gasteiger partial charge is 0.141 e. The summed E-state index contributed by atoms with van der Waals surface area (Å²) in [7, 11) is 4.94. The molecule has 0 fully saturated rings. The number of hydrogen-bond acceptors (Lipinski definition) is 3. The molecular weight excluding hydrogens is 400 g/mol. The average Bonchev–Trinajstić information content (AvgIpc) is 2.54. The average molecular weight is 416 g/mol. The Kier molecular flexibility index (Phi) is 5.53. The van der Waals surface area contributed by atoms with Gasteiger partial charge in [0.1, 0.15) is 21.7 Å². The van der Waals surface area contributed by atoms with Crippen LogP contribution in [0.3, 0.4) is 0 Å². The van der Waals surface area contributed by atoms with Gasteiger partial charge in [0, 0.05) is 5.56 Å². The van der Waals surface area contributed by atoms with Crippen LogP contribution in [0.25, 0.3) is 0 Å². The van der Waals surface area contributed by atoms with Crippen molar-refractivity contribution in [2.75, 3.05) is 21.3 Å². The van der Waals surface area contributed by atoms with Crippen molar-refractivity contribution in [1.82, 2.24) is 0 Å². The van der Waals surface area contributed by atoms with E-state index >= 15 is 0 Å². The van der Waals surface area contributed by atoms with Gasteiger partial charge in [0.2, 0.25) is 0 Å². The van der Waals surface area contributed by atoms with E-state index in [0.29, 0.717) is 0 Å². The van der Waals surface area contributed by atoms with Crippen molar-refractivity contribution in [2.45, 2.75) is 4.83 Å². The molecule has 2 aromatic rings. The molecule has 2 aromatic carbocycles. The van der Waals surface area contributed by atoms with Crippen molar-refractivity contribution in [3.05, 3.63) is 52.0 Å². The van der Waals surface area contributed by atoms with Crippen LogP contribution in [0.15, 0.2) is 40.9 Å². The van der Waals surface area contributed by atoms with Crippen LogP contribution in [-0.2, 0) is 0 Å². The number of rotatable bonds is 5. The van der Waals surface area contributed by atoms with Crippen LogP contribution in [0.4, 0.5) is 0 Å². The van der Waals surface area contributed by atoms with Gasteiger partial charge in [0.25, 0.3) is 0 Å². The zero-order valence-corrected chi connectivity index (χ0v) is 15.2. The van der Waals surface area contributed by atoms with Crippen molar-refractivity contribution in [3.8, 4) is 17.2 Å². The number of hydrogen-bond donors (Lipinski definition) is 0. The van der Waals surface area contributed by atoms with Crippen LogP contribution in [0.2, 0.25) is 0 Å². The van der Waals surface area contributed by atoms with E-state index in [2.05, 4.69) is 31.9 Å². The Balaban J connectivity index is 2.42. The lowest BCUT2D eigenvalue weighted by molar-refractivity contribution is 0.386. The maximum absolute atomic E-state index is 5.52. The normalized spacial score (nSPS) is 11.9. The number of benzene rings is 2. The van der Waals surface area contributed by atoms with Crippen LogP contribution in [0, 0.1) is 0 Å². The van der Waals surface area contributed by atoms with Gasteiger partial charge >= 0.3 is 0 Å². The fourth-order valence-electron chi connectivity index (χ4n) is 2.07. The minimum Gasteiger partial charge on any atom is -0.497 e. The SMILES string of the molecule is COc1ccc(C(Br)c2ccc(OC)c(Br)c2OC)cc1. The van der Waals surface area contributed by atoms with Crippen LogP contribution < -0.4 is 14.2 Å². The van der Waals surface area contributed by atoms with E-state index in [1.807, 2.05) is 36.4 Å². The highest BCUT2D eigenvalue weighted by molar-refractivity contribution is 9.10. The molecule has 0 amide bonds. The van der Waals surface area contributed by atoms with E-state index < -0.39 is 0 Å². The van der Waals surface area contributed by atoms with Gasteiger partial charge in [-0.2, -0.15) is 0 Å². The van der Waals surface area contributed by atoms with Gasteiger partial charge in [0.15, 0.2) is 0 Å². The first-order valence-electron chi connectivity index (χ1n) is 6.30. The summed E-state index contributed by atoms with van der Waals surface area (Å²) in [5.74, 6) is 2.33. The first-order chi connectivity index (χ1) is 10.1. The molecule has 0 heterocycles. The van der Waals surface area contributed by atoms with Gasteiger partial charge in [-0.25, -0.2) is 0 Å². The molecule has 0 bridgehead atoms. The topological polar surface area (TPSA) is 27.7 Å². The summed E-state index contributed by atoms with van der Waals surface area (Å²) in [4.78, 5) is 0.0144. The second-order valence-corrected chi connectivity index (χ2v) is 6.05. The standard InChI is InChI=1S/C16H16Br2O3/c1-19-11-6-4-10(5-7-11)14(17)12-8-9-13(20-2)15(18)16(12)21-3/h4-9,14H,1-3H3. The predicted octanol–water partition coefficient (Wildman–Crippen LogP) is 4.96. The molecule has 0 saturated carbocycles. The summed E-state index contributed by atoms with van der Waals surface area (Å²) in [6.07, 6.45) is 0. The molecule has 0 aliphatic carbocycles. The van der Waals surface area contributed by atoms with E-state index in [-0.39, 0.29) is 4.83 Å². The highest BCUT2D eigenvalue weighted by atomic mass is 79.9. The largest absolute Gasteiger partial charge is 0.497 e. The van der Waals surface area contributed by atoms with Crippen molar-refractivity contribution in [3.63, 3.8) is 0 Å². The number of ether oxygens (including phenoxy) is 3. The molecule has 0 aromatic heterocycles. The molecule has 0 spiro atoms. The zero-order chi connectivity index (χ0) is 15.4. The van der Waals surface area contributed by atoms with Crippen LogP contribution in [-0.4, -0.2) is 21.3 Å². The molecular formula is C16H16Br2O3. The molecule has 21 heavy (non-hydrogen) atoms. The molecule has 2 rings (SSSR count). The molecule has 1 unspecified atom stereocenters. The maximum Gasteiger partial charge on any atom is 0.141 e. The summed E-state index contributed by atoms with van der Waals surface area (Å²) in [6.45, 7) is 0. The van der Waals surface area contributed by atoms with Gasteiger partial charge in [-0.05, 0) is 39.7 Å². The Bertz CT molecular complexity index is 612. The summed E-state index contributed by atoms with van der Waals surface area (Å²) >= 11 is 7.26. The zero-order valence-electron chi connectivity index (χ0n) is 12.0. The third-order valence-corrected chi connectivity index (χ3v) is 4.97. The summed E-state index contributed by atoms with van der Waals surface area (Å²) < 4.78 is 16.8. The Morgan fingerprint density at radius 1 is 0.857 bits per heavy atom. The first-order valence-corrected chi connectivity index (χ1v) is 8.01. The highest BCUT2D eigenvalue weighted by Gasteiger charge is 2.19. The van der Waals surface area contributed by atoms with E-state index in [4.69, 9.17) is 14.2 Å². The molecule has 0 aliphatic rings. The summed E-state index contributed by atoms with van der Waals surface area (Å²) in [5, 5.41) is 0. The van der Waals surface area contributed by atoms with E-state index in [1.54, 1.807) is 21.3 Å². The molecule has 5 heteroatoms. The molecule has 0 aliphatic heterocycles. The maximum atomic E-state index is 5.52. The van der Waals surface area contributed by atoms with Crippen molar-refractivity contribution in [2.24, 2.45) is 0 Å². The molecule has 1 atom stereocenters. The molecule has 0 N–H and O–H groups in total. The van der Waals surface area contributed by atoms with E-state index in [0.717, 1.165) is 32.8 Å².